The lowest BCUT2D eigenvalue weighted by molar-refractivity contribution is -0.127. The highest BCUT2D eigenvalue weighted by molar-refractivity contribution is 7.07. The Morgan fingerprint density at radius 1 is 0.978 bits per heavy atom. The van der Waals surface area contributed by atoms with Gasteiger partial charge in [0.25, 0.3) is 11.5 Å². The second-order valence-electron chi connectivity index (χ2n) is 10.3. The van der Waals surface area contributed by atoms with Crippen molar-refractivity contribution >= 4 is 46.5 Å². The normalized spacial score (nSPS) is 14.6. The molecule has 1 aromatic heterocycles. The molecule has 1 aliphatic rings. The summed E-state index contributed by atoms with van der Waals surface area (Å²) in [6, 6.07) is 17.4. The summed E-state index contributed by atoms with van der Waals surface area (Å²) in [4.78, 5) is 35.0. The van der Waals surface area contributed by atoms with E-state index in [0.29, 0.717) is 73.2 Å². The first-order valence-electron chi connectivity index (χ1n) is 14.4. The van der Waals surface area contributed by atoms with Crippen LogP contribution in [0, 0.1) is 0 Å². The fourth-order valence-electron chi connectivity index (χ4n) is 5.23. The quantitative estimate of drug-likeness (QED) is 0.207. The summed E-state index contributed by atoms with van der Waals surface area (Å²) in [6.45, 7) is 7.03. The third-order valence-corrected chi connectivity index (χ3v) is 9.32. The van der Waals surface area contributed by atoms with Crippen molar-refractivity contribution in [3.05, 3.63) is 118 Å². The fourth-order valence-corrected chi connectivity index (χ4v) is 6.60. The fraction of sp³-hybridized carbons (Fsp3) is 0.265. The van der Waals surface area contributed by atoms with Gasteiger partial charge in [-0.15, -0.1) is 0 Å². The number of allylic oxidation sites excluding steroid dienone is 1. The standard InChI is InChI=1S/C34H33Cl2N3O5S/c1-6-38(7-2)33(41)30-20(3)37-34-39(31(30)25-18-24(42-4)13-15-28(25)43-5)32(40)29(45-34)17-21-8-11-23(12-9-21)44-19-22-10-14-26(35)27(36)16-22/h8-18,31H,6-7,19H2,1-5H3/b29-17+/t31-/m1/s1. The number of carbonyl (C=O) groups excluding carboxylic acids is 1. The van der Waals surface area contributed by atoms with Crippen LogP contribution in [0.2, 0.25) is 10.0 Å². The number of hydrogen-bond donors (Lipinski definition) is 0. The third kappa shape index (κ3) is 6.66. The van der Waals surface area contributed by atoms with Crippen LogP contribution in [0.15, 0.2) is 81.7 Å². The molecule has 0 unspecified atom stereocenters. The molecule has 5 rings (SSSR count). The molecule has 3 aromatic carbocycles. The molecule has 1 aliphatic heterocycles. The van der Waals surface area contributed by atoms with Crippen LogP contribution in [0.3, 0.4) is 0 Å². The zero-order valence-corrected chi connectivity index (χ0v) is 27.9. The van der Waals surface area contributed by atoms with Crippen molar-refractivity contribution in [3.63, 3.8) is 0 Å². The molecule has 234 valence electrons. The van der Waals surface area contributed by atoms with Crippen molar-refractivity contribution in [3.8, 4) is 17.2 Å². The molecule has 0 N–H and O–H groups in total. The number of methoxy groups -OCH3 is 2. The summed E-state index contributed by atoms with van der Waals surface area (Å²) in [7, 11) is 3.14. The maximum absolute atomic E-state index is 14.1. The minimum atomic E-state index is -0.765. The van der Waals surface area contributed by atoms with Gasteiger partial charge in [0.1, 0.15) is 29.9 Å². The Morgan fingerprint density at radius 3 is 2.33 bits per heavy atom. The summed E-state index contributed by atoms with van der Waals surface area (Å²) < 4.78 is 19.2. The van der Waals surface area contributed by atoms with Gasteiger partial charge in [-0.3, -0.25) is 14.2 Å². The summed E-state index contributed by atoms with van der Waals surface area (Å²) >= 11 is 13.4. The van der Waals surface area contributed by atoms with Gasteiger partial charge >= 0.3 is 0 Å². The van der Waals surface area contributed by atoms with Gasteiger partial charge < -0.3 is 19.1 Å². The Balaban J connectivity index is 1.55. The number of ether oxygens (including phenoxy) is 3. The summed E-state index contributed by atoms with van der Waals surface area (Å²) in [6.07, 6.45) is 1.82. The summed E-state index contributed by atoms with van der Waals surface area (Å²) in [5, 5.41) is 0.965. The number of benzene rings is 3. The Bertz CT molecular complexity index is 1950. The maximum Gasteiger partial charge on any atom is 0.271 e. The van der Waals surface area contributed by atoms with Gasteiger partial charge in [0.2, 0.25) is 0 Å². The zero-order valence-electron chi connectivity index (χ0n) is 25.6. The lowest BCUT2D eigenvalue weighted by atomic mass is 9.93. The van der Waals surface area contributed by atoms with Crippen LogP contribution in [0.4, 0.5) is 0 Å². The number of amides is 1. The van der Waals surface area contributed by atoms with Crippen molar-refractivity contribution in [2.45, 2.75) is 33.4 Å². The minimum Gasteiger partial charge on any atom is -0.497 e. The zero-order chi connectivity index (χ0) is 32.2. The third-order valence-electron chi connectivity index (χ3n) is 7.60. The summed E-state index contributed by atoms with van der Waals surface area (Å²) in [5.41, 5.74) is 3.06. The number of aromatic nitrogens is 1. The first-order chi connectivity index (χ1) is 21.7. The van der Waals surface area contributed by atoms with E-state index in [9.17, 15) is 9.59 Å². The molecule has 1 amide bonds. The molecule has 0 saturated heterocycles. The van der Waals surface area contributed by atoms with Crippen LogP contribution >= 0.6 is 34.5 Å². The molecular weight excluding hydrogens is 633 g/mol. The topological polar surface area (TPSA) is 82.4 Å². The van der Waals surface area contributed by atoms with Crippen molar-refractivity contribution in [2.24, 2.45) is 4.99 Å². The van der Waals surface area contributed by atoms with E-state index in [1.807, 2.05) is 63.2 Å². The Labute approximate surface area is 275 Å². The van der Waals surface area contributed by atoms with Crippen LogP contribution in [0.1, 0.15) is 43.5 Å². The van der Waals surface area contributed by atoms with Gasteiger partial charge in [0.15, 0.2) is 4.80 Å². The number of hydrogen-bond acceptors (Lipinski definition) is 7. The summed E-state index contributed by atoms with van der Waals surface area (Å²) in [5.74, 6) is 1.60. The maximum atomic E-state index is 14.1. The minimum absolute atomic E-state index is 0.179. The van der Waals surface area contributed by atoms with Crippen LogP contribution in [0.5, 0.6) is 17.2 Å². The number of rotatable bonds is 10. The van der Waals surface area contributed by atoms with Gasteiger partial charge in [-0.2, -0.15) is 0 Å². The lowest BCUT2D eigenvalue weighted by Gasteiger charge is -2.30. The number of carbonyl (C=O) groups is 1. The van der Waals surface area contributed by atoms with Crippen LogP contribution in [0.25, 0.3) is 6.08 Å². The van der Waals surface area contributed by atoms with E-state index >= 15 is 0 Å². The van der Waals surface area contributed by atoms with Gasteiger partial charge in [-0.25, -0.2) is 4.99 Å². The van der Waals surface area contributed by atoms with E-state index in [2.05, 4.69) is 0 Å². The predicted molar refractivity (Wildman–Crippen MR) is 178 cm³/mol. The SMILES string of the molecule is CCN(CC)C(=O)C1=C(C)N=c2s/c(=C/c3ccc(OCc4ccc(Cl)c(Cl)c4)cc3)c(=O)n2[C@@H]1c1cc(OC)ccc1OC. The monoisotopic (exact) mass is 665 g/mol. The van der Waals surface area contributed by atoms with Crippen LogP contribution in [-0.2, 0) is 11.4 Å². The number of halogens is 2. The number of likely N-dealkylation sites (N-methyl/N-ethyl adjacent to an activating group) is 1. The second-order valence-corrected chi connectivity index (χ2v) is 12.1. The smallest absolute Gasteiger partial charge is 0.271 e. The molecule has 4 aromatic rings. The van der Waals surface area contributed by atoms with Crippen molar-refractivity contribution in [1.82, 2.24) is 9.47 Å². The average molecular weight is 667 g/mol. The number of nitrogens with zero attached hydrogens (tertiary/aromatic N) is 3. The van der Waals surface area contributed by atoms with Crippen molar-refractivity contribution in [1.29, 1.82) is 0 Å². The Kier molecular flexibility index (Phi) is 10.0. The molecule has 2 heterocycles. The lowest BCUT2D eigenvalue weighted by Crippen LogP contribution is -2.43. The molecule has 0 saturated carbocycles. The van der Waals surface area contributed by atoms with E-state index in [4.69, 9.17) is 42.4 Å². The van der Waals surface area contributed by atoms with Crippen molar-refractivity contribution in [2.75, 3.05) is 27.3 Å². The van der Waals surface area contributed by atoms with E-state index < -0.39 is 6.04 Å². The molecule has 0 spiro atoms. The first kappa shape index (κ1) is 32.3. The van der Waals surface area contributed by atoms with E-state index in [-0.39, 0.29) is 11.5 Å². The average Bonchev–Trinajstić information content (AvgIpc) is 3.35. The van der Waals surface area contributed by atoms with E-state index in [1.54, 1.807) is 48.0 Å². The highest BCUT2D eigenvalue weighted by atomic mass is 35.5. The molecule has 8 nitrogen and oxygen atoms in total. The second kappa shape index (κ2) is 13.9. The van der Waals surface area contributed by atoms with Gasteiger partial charge in [0, 0.05) is 18.7 Å². The molecule has 0 fully saturated rings. The van der Waals surface area contributed by atoms with Gasteiger partial charge in [0.05, 0.1) is 40.1 Å². The highest BCUT2D eigenvalue weighted by Crippen LogP contribution is 2.38. The number of fused-ring (bicyclic) bond motifs is 1. The van der Waals surface area contributed by atoms with Crippen LogP contribution < -0.4 is 29.1 Å². The Hall–Kier alpha value is -4.05. The molecule has 11 heteroatoms. The van der Waals surface area contributed by atoms with Crippen LogP contribution in [-0.4, -0.2) is 42.7 Å². The molecule has 45 heavy (non-hydrogen) atoms. The van der Waals surface area contributed by atoms with E-state index in [0.717, 1.165) is 11.1 Å². The molecule has 0 aliphatic carbocycles. The van der Waals surface area contributed by atoms with Crippen molar-refractivity contribution < 1.29 is 19.0 Å². The molecule has 1 atom stereocenters. The number of thiazole rings is 1. The van der Waals surface area contributed by atoms with Gasteiger partial charge in [-0.05, 0) is 80.4 Å². The Morgan fingerprint density at radius 2 is 1.69 bits per heavy atom. The molecular formula is C34H33Cl2N3O5S. The molecule has 0 radical (unpaired) electrons. The highest BCUT2D eigenvalue weighted by Gasteiger charge is 2.36. The largest absolute Gasteiger partial charge is 0.497 e. The predicted octanol–water partition coefficient (Wildman–Crippen LogP) is 6.01. The molecule has 0 bridgehead atoms. The first-order valence-corrected chi connectivity index (χ1v) is 16.0. The van der Waals surface area contributed by atoms with E-state index in [1.165, 1.54) is 11.3 Å². The van der Waals surface area contributed by atoms with Gasteiger partial charge in [-0.1, -0.05) is 52.7 Å².